The summed E-state index contributed by atoms with van der Waals surface area (Å²) in [6, 6.07) is 2.51. The predicted octanol–water partition coefficient (Wildman–Crippen LogP) is 0.852. The number of esters is 1. The van der Waals surface area contributed by atoms with Crippen molar-refractivity contribution in [1.82, 2.24) is 5.32 Å². The lowest BCUT2D eigenvalue weighted by atomic mass is 10.2. The Morgan fingerprint density at radius 3 is 2.72 bits per heavy atom. The maximum Gasteiger partial charge on any atom is 0.330 e. The molecule has 5 nitrogen and oxygen atoms in total. The topological polar surface area (TPSA) is 75.6 Å². The first-order chi connectivity index (χ1) is 8.49. The lowest BCUT2D eigenvalue weighted by Crippen LogP contribution is -2.44. The van der Waals surface area contributed by atoms with Crippen molar-refractivity contribution >= 4 is 27.8 Å². The van der Waals surface area contributed by atoms with Gasteiger partial charge in [0.2, 0.25) is 0 Å². The average molecular weight is 320 g/mol. The molecule has 1 aromatic rings. The molecule has 0 radical (unpaired) electrons. The summed E-state index contributed by atoms with van der Waals surface area (Å²) in [6.07, 6.45) is 0. The third-order valence-corrected chi connectivity index (χ3v) is 2.76. The third kappa shape index (κ3) is 3.51. The highest BCUT2D eigenvalue weighted by molar-refractivity contribution is 9.10. The molecule has 0 fully saturated rings. The first kappa shape index (κ1) is 14.6. The number of ether oxygens (including phenoxy) is 1. The predicted molar refractivity (Wildman–Crippen MR) is 64.5 cm³/mol. The molecule has 98 valence electrons. The Bertz CT molecular complexity index is 466. The van der Waals surface area contributed by atoms with Crippen LogP contribution in [0.4, 0.5) is 4.39 Å². The summed E-state index contributed by atoms with van der Waals surface area (Å²) in [5.41, 5.74) is 0.158. The van der Waals surface area contributed by atoms with Crippen molar-refractivity contribution in [2.75, 3.05) is 13.7 Å². The molecule has 0 aliphatic carbocycles. The average Bonchev–Trinajstić information content (AvgIpc) is 2.37. The van der Waals surface area contributed by atoms with Gasteiger partial charge in [0.25, 0.3) is 5.91 Å². The fourth-order valence-corrected chi connectivity index (χ4v) is 1.58. The van der Waals surface area contributed by atoms with Gasteiger partial charge in [-0.2, -0.15) is 0 Å². The van der Waals surface area contributed by atoms with Gasteiger partial charge in [-0.15, -0.1) is 0 Å². The summed E-state index contributed by atoms with van der Waals surface area (Å²) in [4.78, 5) is 22.9. The zero-order chi connectivity index (χ0) is 13.7. The summed E-state index contributed by atoms with van der Waals surface area (Å²) in [5.74, 6) is -1.87. The molecular formula is C11H11BrFNO4. The molecular weight excluding hydrogens is 309 g/mol. The fraction of sp³-hybridized carbons (Fsp3) is 0.273. The number of nitrogens with one attached hydrogen (secondary N) is 1. The number of hydrogen-bond donors (Lipinski definition) is 2. The summed E-state index contributed by atoms with van der Waals surface area (Å²) in [5, 5.41) is 11.2. The van der Waals surface area contributed by atoms with Crippen LogP contribution in [-0.2, 0) is 9.53 Å². The second kappa shape index (κ2) is 6.46. The van der Waals surface area contributed by atoms with E-state index < -0.39 is 30.3 Å². The Balaban J connectivity index is 2.81. The van der Waals surface area contributed by atoms with Crippen molar-refractivity contribution in [3.05, 3.63) is 34.1 Å². The molecule has 0 saturated heterocycles. The van der Waals surface area contributed by atoms with E-state index in [0.29, 0.717) is 0 Å². The maximum absolute atomic E-state index is 13.0. The van der Waals surface area contributed by atoms with Gasteiger partial charge in [0, 0.05) is 5.56 Å². The molecule has 0 spiro atoms. The van der Waals surface area contributed by atoms with E-state index >= 15 is 0 Å². The van der Waals surface area contributed by atoms with Crippen LogP contribution in [0.3, 0.4) is 0 Å². The van der Waals surface area contributed by atoms with Crippen LogP contribution in [-0.4, -0.2) is 36.7 Å². The molecule has 2 N–H and O–H groups in total. The van der Waals surface area contributed by atoms with Gasteiger partial charge in [0.05, 0.1) is 18.2 Å². The van der Waals surface area contributed by atoms with Crippen molar-refractivity contribution in [2.45, 2.75) is 6.04 Å². The highest BCUT2D eigenvalue weighted by Gasteiger charge is 2.21. The smallest absolute Gasteiger partial charge is 0.330 e. The molecule has 1 atom stereocenters. The Kier molecular flexibility index (Phi) is 5.24. The van der Waals surface area contributed by atoms with E-state index in [2.05, 4.69) is 26.0 Å². The van der Waals surface area contributed by atoms with Crippen LogP contribution in [0.1, 0.15) is 10.4 Å². The van der Waals surface area contributed by atoms with Gasteiger partial charge in [-0.25, -0.2) is 9.18 Å². The van der Waals surface area contributed by atoms with Crippen molar-refractivity contribution in [2.24, 2.45) is 0 Å². The van der Waals surface area contributed by atoms with Crippen molar-refractivity contribution in [3.8, 4) is 0 Å². The molecule has 1 aromatic carbocycles. The Morgan fingerprint density at radius 2 is 2.22 bits per heavy atom. The molecule has 1 unspecified atom stereocenters. The third-order valence-electron chi connectivity index (χ3n) is 2.16. The number of rotatable bonds is 4. The van der Waals surface area contributed by atoms with Gasteiger partial charge in [-0.1, -0.05) is 0 Å². The lowest BCUT2D eigenvalue weighted by molar-refractivity contribution is -0.143. The Morgan fingerprint density at radius 1 is 1.56 bits per heavy atom. The van der Waals surface area contributed by atoms with Crippen LogP contribution in [0.15, 0.2) is 22.7 Å². The molecule has 0 heterocycles. The molecule has 0 saturated carbocycles. The van der Waals surface area contributed by atoms with Crippen LogP contribution in [0.5, 0.6) is 0 Å². The van der Waals surface area contributed by atoms with Crippen molar-refractivity contribution in [3.63, 3.8) is 0 Å². The van der Waals surface area contributed by atoms with E-state index in [1.54, 1.807) is 0 Å². The zero-order valence-corrected chi connectivity index (χ0v) is 11.0. The largest absolute Gasteiger partial charge is 0.467 e. The van der Waals surface area contributed by atoms with Gasteiger partial charge in [-0.3, -0.25) is 4.79 Å². The van der Waals surface area contributed by atoms with Gasteiger partial charge in [-0.05, 0) is 34.1 Å². The van der Waals surface area contributed by atoms with Gasteiger partial charge in [0.1, 0.15) is 5.82 Å². The second-order valence-electron chi connectivity index (χ2n) is 3.36. The number of carbonyl (C=O) groups is 2. The Labute approximate surface area is 111 Å². The minimum atomic E-state index is -1.15. The van der Waals surface area contributed by atoms with E-state index in [4.69, 9.17) is 5.11 Å². The van der Waals surface area contributed by atoms with E-state index in [-0.39, 0.29) is 10.0 Å². The van der Waals surface area contributed by atoms with Gasteiger partial charge >= 0.3 is 5.97 Å². The molecule has 0 aliphatic rings. The zero-order valence-electron chi connectivity index (χ0n) is 9.44. The lowest BCUT2D eigenvalue weighted by Gasteiger charge is -2.13. The van der Waals surface area contributed by atoms with Crippen LogP contribution < -0.4 is 5.32 Å². The molecule has 1 rings (SSSR count). The highest BCUT2D eigenvalue weighted by atomic mass is 79.9. The summed E-state index contributed by atoms with van der Waals surface area (Å²) < 4.78 is 17.5. The number of halogens is 2. The molecule has 0 aliphatic heterocycles. The SMILES string of the molecule is COC(=O)C(CO)NC(=O)c1ccc(F)c(Br)c1. The summed E-state index contributed by atoms with van der Waals surface area (Å²) in [7, 11) is 1.14. The number of aliphatic hydroxyl groups is 1. The highest BCUT2D eigenvalue weighted by Crippen LogP contribution is 2.16. The number of methoxy groups -OCH3 is 1. The van der Waals surface area contributed by atoms with Crippen LogP contribution in [0.25, 0.3) is 0 Å². The molecule has 0 aromatic heterocycles. The van der Waals surface area contributed by atoms with Crippen molar-refractivity contribution in [1.29, 1.82) is 0 Å². The number of benzene rings is 1. The molecule has 7 heteroatoms. The fourth-order valence-electron chi connectivity index (χ4n) is 1.20. The van der Waals surface area contributed by atoms with E-state index in [0.717, 1.165) is 13.2 Å². The number of aliphatic hydroxyl groups excluding tert-OH is 1. The molecule has 0 bridgehead atoms. The number of carbonyl (C=O) groups excluding carboxylic acids is 2. The number of amides is 1. The normalized spacial score (nSPS) is 11.8. The Hall–Kier alpha value is -1.47. The van der Waals surface area contributed by atoms with E-state index in [1.165, 1.54) is 12.1 Å². The van der Waals surface area contributed by atoms with Crippen molar-refractivity contribution < 1.29 is 23.8 Å². The molecule has 18 heavy (non-hydrogen) atoms. The first-order valence-corrected chi connectivity index (χ1v) is 5.73. The minimum Gasteiger partial charge on any atom is -0.467 e. The van der Waals surface area contributed by atoms with Gasteiger partial charge in [0.15, 0.2) is 6.04 Å². The summed E-state index contributed by atoms with van der Waals surface area (Å²) in [6.45, 7) is -0.583. The van der Waals surface area contributed by atoms with Crippen LogP contribution in [0.2, 0.25) is 0 Å². The standard InChI is InChI=1S/C11H11BrFNO4/c1-18-11(17)9(5-15)14-10(16)6-2-3-8(13)7(12)4-6/h2-4,9,15H,5H2,1H3,(H,14,16). The quantitative estimate of drug-likeness (QED) is 0.807. The van der Waals surface area contributed by atoms with Gasteiger partial charge < -0.3 is 15.2 Å². The van der Waals surface area contributed by atoms with Crippen LogP contribution in [0, 0.1) is 5.82 Å². The van der Waals surface area contributed by atoms with E-state index in [1.807, 2.05) is 0 Å². The maximum atomic E-state index is 13.0. The minimum absolute atomic E-state index is 0.133. The first-order valence-electron chi connectivity index (χ1n) is 4.94. The van der Waals surface area contributed by atoms with E-state index in [9.17, 15) is 14.0 Å². The van der Waals surface area contributed by atoms with Crippen LogP contribution >= 0.6 is 15.9 Å². The molecule has 1 amide bonds. The number of hydrogen-bond acceptors (Lipinski definition) is 4. The second-order valence-corrected chi connectivity index (χ2v) is 4.22. The summed E-state index contributed by atoms with van der Waals surface area (Å²) >= 11 is 2.94. The monoisotopic (exact) mass is 319 g/mol.